The molecular formula is C16H20N6O3. The van der Waals surface area contributed by atoms with E-state index >= 15 is 0 Å². The number of nitro benzene ring substituents is 1. The summed E-state index contributed by atoms with van der Waals surface area (Å²) in [6.45, 7) is 4.00. The molecule has 2 aromatic rings. The maximum Gasteiger partial charge on any atom is 0.274 e. The minimum atomic E-state index is -0.454. The highest BCUT2D eigenvalue weighted by Crippen LogP contribution is 2.20. The van der Waals surface area contributed by atoms with Gasteiger partial charge in [-0.15, -0.1) is 5.10 Å². The van der Waals surface area contributed by atoms with Gasteiger partial charge in [0.15, 0.2) is 5.69 Å². The van der Waals surface area contributed by atoms with Gasteiger partial charge in [0.1, 0.15) is 0 Å². The van der Waals surface area contributed by atoms with Crippen molar-refractivity contribution in [1.82, 2.24) is 25.6 Å². The molecule has 2 N–H and O–H groups in total. The predicted octanol–water partition coefficient (Wildman–Crippen LogP) is 1.35. The van der Waals surface area contributed by atoms with Crippen molar-refractivity contribution in [3.05, 3.63) is 51.3 Å². The molecule has 0 atom stereocenters. The Hall–Kier alpha value is -2.81. The second-order valence-electron chi connectivity index (χ2n) is 6.06. The molecule has 132 valence electrons. The van der Waals surface area contributed by atoms with Gasteiger partial charge in [-0.05, 0) is 38.4 Å². The van der Waals surface area contributed by atoms with E-state index in [1.807, 2.05) is 11.6 Å². The average molecular weight is 344 g/mol. The van der Waals surface area contributed by atoms with Crippen LogP contribution in [0.25, 0.3) is 0 Å². The summed E-state index contributed by atoms with van der Waals surface area (Å²) in [6.07, 6.45) is 1.93. The van der Waals surface area contributed by atoms with Crippen LogP contribution in [0.1, 0.15) is 40.6 Å². The Labute approximate surface area is 144 Å². The highest BCUT2D eigenvalue weighted by molar-refractivity contribution is 5.93. The first-order valence-corrected chi connectivity index (χ1v) is 8.20. The van der Waals surface area contributed by atoms with Gasteiger partial charge < -0.3 is 10.6 Å². The highest BCUT2D eigenvalue weighted by Gasteiger charge is 2.22. The van der Waals surface area contributed by atoms with Crippen molar-refractivity contribution in [2.45, 2.75) is 32.4 Å². The summed E-state index contributed by atoms with van der Waals surface area (Å²) in [5.41, 5.74) is 1.88. The maximum atomic E-state index is 12.4. The normalized spacial score (nSPS) is 15.1. The molecule has 0 spiro atoms. The molecule has 2 heterocycles. The van der Waals surface area contributed by atoms with Gasteiger partial charge in [-0.25, -0.2) is 4.68 Å². The molecule has 0 bridgehead atoms. The van der Waals surface area contributed by atoms with Crippen LogP contribution in [0.2, 0.25) is 0 Å². The Morgan fingerprint density at radius 2 is 2.04 bits per heavy atom. The van der Waals surface area contributed by atoms with E-state index < -0.39 is 4.92 Å². The second-order valence-corrected chi connectivity index (χ2v) is 6.06. The van der Waals surface area contributed by atoms with Crippen molar-refractivity contribution in [2.75, 3.05) is 13.1 Å². The van der Waals surface area contributed by atoms with Crippen molar-refractivity contribution < 1.29 is 9.72 Å². The molecule has 1 aromatic carbocycles. The zero-order chi connectivity index (χ0) is 17.8. The molecule has 0 radical (unpaired) electrons. The zero-order valence-electron chi connectivity index (χ0n) is 13.9. The van der Waals surface area contributed by atoms with E-state index in [1.54, 1.807) is 12.1 Å². The molecule has 1 fully saturated rings. The largest absolute Gasteiger partial charge is 0.347 e. The number of nitrogens with one attached hydrogen (secondary N) is 2. The van der Waals surface area contributed by atoms with Crippen LogP contribution in [-0.4, -0.2) is 38.9 Å². The monoisotopic (exact) mass is 344 g/mol. The van der Waals surface area contributed by atoms with Crippen LogP contribution in [0.3, 0.4) is 0 Å². The van der Waals surface area contributed by atoms with E-state index in [4.69, 9.17) is 0 Å². The molecule has 1 aromatic heterocycles. The molecular weight excluding hydrogens is 324 g/mol. The number of rotatable bonds is 5. The Kier molecular flexibility index (Phi) is 5.03. The van der Waals surface area contributed by atoms with Crippen molar-refractivity contribution in [3.8, 4) is 0 Å². The number of aromatic nitrogens is 3. The third kappa shape index (κ3) is 3.82. The third-order valence-electron chi connectivity index (χ3n) is 4.40. The quantitative estimate of drug-likeness (QED) is 0.625. The fourth-order valence-electron chi connectivity index (χ4n) is 2.95. The first kappa shape index (κ1) is 17.0. The Morgan fingerprint density at radius 1 is 1.36 bits per heavy atom. The Bertz CT molecular complexity index is 765. The number of nitro groups is 1. The van der Waals surface area contributed by atoms with E-state index in [1.165, 1.54) is 12.1 Å². The van der Waals surface area contributed by atoms with E-state index in [0.29, 0.717) is 5.69 Å². The molecule has 0 saturated carbocycles. The van der Waals surface area contributed by atoms with Crippen LogP contribution in [0.15, 0.2) is 24.3 Å². The lowest BCUT2D eigenvalue weighted by Crippen LogP contribution is -2.30. The number of hydrogen-bond acceptors (Lipinski definition) is 6. The van der Waals surface area contributed by atoms with Gasteiger partial charge in [-0.1, -0.05) is 17.3 Å². The molecule has 1 amide bonds. The molecule has 1 aliphatic rings. The van der Waals surface area contributed by atoms with Crippen LogP contribution in [0.5, 0.6) is 0 Å². The third-order valence-corrected chi connectivity index (χ3v) is 4.40. The number of piperidine rings is 1. The van der Waals surface area contributed by atoms with Gasteiger partial charge in [0.25, 0.3) is 11.6 Å². The number of carbonyl (C=O) groups excluding carboxylic acids is 1. The summed E-state index contributed by atoms with van der Waals surface area (Å²) in [5.74, 6) is -0.295. The number of carbonyl (C=O) groups is 1. The summed E-state index contributed by atoms with van der Waals surface area (Å²) in [7, 11) is 0. The molecule has 1 saturated heterocycles. The van der Waals surface area contributed by atoms with Crippen LogP contribution in [-0.2, 0) is 6.54 Å². The lowest BCUT2D eigenvalue weighted by Gasteiger charge is -2.23. The second kappa shape index (κ2) is 7.39. The van der Waals surface area contributed by atoms with Gasteiger partial charge in [0.2, 0.25) is 0 Å². The smallest absolute Gasteiger partial charge is 0.274 e. The van der Waals surface area contributed by atoms with E-state index in [9.17, 15) is 14.9 Å². The number of hydrogen-bond donors (Lipinski definition) is 2. The first-order chi connectivity index (χ1) is 12.1. The number of benzene rings is 1. The van der Waals surface area contributed by atoms with Crippen LogP contribution in [0, 0.1) is 17.0 Å². The Morgan fingerprint density at radius 3 is 2.68 bits per heavy atom. The Balaban J connectivity index is 1.63. The van der Waals surface area contributed by atoms with Crippen LogP contribution in [0.4, 0.5) is 5.69 Å². The van der Waals surface area contributed by atoms with Crippen molar-refractivity contribution >= 4 is 11.6 Å². The molecule has 0 aliphatic carbocycles. The van der Waals surface area contributed by atoms with Gasteiger partial charge >= 0.3 is 0 Å². The summed E-state index contributed by atoms with van der Waals surface area (Å²) in [4.78, 5) is 22.6. The minimum absolute atomic E-state index is 0.0239. The SMILES string of the molecule is Cc1c(C(=O)NCc2ccc([N+](=O)[O-])cc2)nnn1C1CCNCC1. The number of nitrogens with zero attached hydrogens (tertiary/aromatic N) is 4. The van der Waals surface area contributed by atoms with Crippen molar-refractivity contribution in [1.29, 1.82) is 0 Å². The van der Waals surface area contributed by atoms with Crippen molar-refractivity contribution in [3.63, 3.8) is 0 Å². The fourth-order valence-corrected chi connectivity index (χ4v) is 2.95. The lowest BCUT2D eigenvalue weighted by molar-refractivity contribution is -0.384. The molecule has 25 heavy (non-hydrogen) atoms. The summed E-state index contributed by atoms with van der Waals surface area (Å²) >= 11 is 0. The predicted molar refractivity (Wildman–Crippen MR) is 90.2 cm³/mol. The average Bonchev–Trinajstić information content (AvgIpc) is 3.02. The van der Waals surface area contributed by atoms with Gasteiger partial charge in [-0.3, -0.25) is 14.9 Å². The molecule has 3 rings (SSSR count). The summed E-state index contributed by atoms with van der Waals surface area (Å²) < 4.78 is 1.83. The molecule has 9 nitrogen and oxygen atoms in total. The van der Waals surface area contributed by atoms with Gasteiger partial charge in [0.05, 0.1) is 16.7 Å². The zero-order valence-corrected chi connectivity index (χ0v) is 13.9. The minimum Gasteiger partial charge on any atom is -0.347 e. The summed E-state index contributed by atoms with van der Waals surface area (Å²) in [6, 6.07) is 6.35. The van der Waals surface area contributed by atoms with Gasteiger partial charge in [0, 0.05) is 18.7 Å². The van der Waals surface area contributed by atoms with Gasteiger partial charge in [-0.2, -0.15) is 0 Å². The molecule has 1 aliphatic heterocycles. The van der Waals surface area contributed by atoms with Crippen LogP contribution < -0.4 is 10.6 Å². The number of amides is 1. The topological polar surface area (TPSA) is 115 Å². The van der Waals surface area contributed by atoms with Crippen molar-refractivity contribution in [2.24, 2.45) is 0 Å². The first-order valence-electron chi connectivity index (χ1n) is 8.20. The summed E-state index contributed by atoms with van der Waals surface area (Å²) in [5, 5.41) is 24.9. The lowest BCUT2D eigenvalue weighted by atomic mass is 10.1. The molecule has 9 heteroatoms. The number of non-ortho nitro benzene ring substituents is 1. The van der Waals surface area contributed by atoms with E-state index in [-0.39, 0.29) is 24.2 Å². The maximum absolute atomic E-state index is 12.4. The van der Waals surface area contributed by atoms with E-state index in [0.717, 1.165) is 37.2 Å². The highest BCUT2D eigenvalue weighted by atomic mass is 16.6. The standard InChI is InChI=1S/C16H20N6O3/c1-11-15(19-20-21(11)13-6-8-17-9-7-13)16(23)18-10-12-2-4-14(5-3-12)22(24)25/h2-5,13,17H,6-10H2,1H3,(H,18,23). The fraction of sp³-hybridized carbons (Fsp3) is 0.438. The molecule has 0 unspecified atom stereocenters. The van der Waals surface area contributed by atoms with E-state index in [2.05, 4.69) is 20.9 Å². The van der Waals surface area contributed by atoms with Crippen LogP contribution >= 0.6 is 0 Å².